The van der Waals surface area contributed by atoms with Crippen molar-refractivity contribution in [1.82, 2.24) is 0 Å². The van der Waals surface area contributed by atoms with Crippen molar-refractivity contribution in [1.29, 1.82) is 0 Å². The third kappa shape index (κ3) is 3.27. The molecule has 3 N–H and O–H groups in total. The Balaban J connectivity index is 2.65. The van der Waals surface area contributed by atoms with Gasteiger partial charge in [-0.25, -0.2) is 0 Å². The van der Waals surface area contributed by atoms with Crippen LogP contribution in [-0.2, 0) is 4.79 Å². The Morgan fingerprint density at radius 1 is 1.12 bits per heavy atom. The number of phenolic OH excluding ortho intramolecular Hbond substituents is 2. The predicted octanol–water partition coefficient (Wildman–Crippen LogP) is 1.54. The highest BCUT2D eigenvalue weighted by Gasteiger charge is 2.12. The number of aliphatic carboxylic acids is 1. The number of carbonyl (C=O) groups is 2. The Labute approximate surface area is 92.0 Å². The van der Waals surface area contributed by atoms with Gasteiger partial charge in [-0.05, 0) is 24.6 Å². The minimum atomic E-state index is -0.965. The zero-order valence-corrected chi connectivity index (χ0v) is 8.51. The molecule has 0 aromatic heterocycles. The number of phenols is 2. The van der Waals surface area contributed by atoms with Gasteiger partial charge in [0, 0.05) is 12.8 Å². The zero-order valence-electron chi connectivity index (χ0n) is 8.51. The summed E-state index contributed by atoms with van der Waals surface area (Å²) in [5.74, 6) is -1.67. The molecule has 1 aromatic rings. The Bertz CT molecular complexity index is 411. The Kier molecular flexibility index (Phi) is 3.88. The van der Waals surface area contributed by atoms with E-state index >= 15 is 0 Å². The van der Waals surface area contributed by atoms with Gasteiger partial charge in [0.2, 0.25) is 0 Å². The molecule has 0 aliphatic heterocycles. The number of carboxylic acid groups (broad SMARTS) is 1. The first-order chi connectivity index (χ1) is 7.50. The summed E-state index contributed by atoms with van der Waals surface area (Å²) in [6.07, 6.45) is 0.151. The van der Waals surface area contributed by atoms with Gasteiger partial charge in [-0.15, -0.1) is 0 Å². The maximum atomic E-state index is 11.5. The van der Waals surface area contributed by atoms with E-state index in [0.29, 0.717) is 0 Å². The van der Waals surface area contributed by atoms with Crippen molar-refractivity contribution < 1.29 is 24.9 Å². The number of rotatable bonds is 5. The molecule has 0 atom stereocenters. The van der Waals surface area contributed by atoms with Crippen LogP contribution in [-0.4, -0.2) is 27.1 Å². The molecule has 0 aliphatic carbocycles. The van der Waals surface area contributed by atoms with E-state index in [2.05, 4.69) is 0 Å². The molecule has 1 aromatic carbocycles. The summed E-state index contributed by atoms with van der Waals surface area (Å²) < 4.78 is 0. The largest absolute Gasteiger partial charge is 0.508 e. The molecule has 0 spiro atoms. The summed E-state index contributed by atoms with van der Waals surface area (Å²) in [7, 11) is 0. The molecule has 0 radical (unpaired) electrons. The maximum Gasteiger partial charge on any atom is 0.303 e. The Morgan fingerprint density at radius 2 is 1.81 bits per heavy atom. The van der Waals surface area contributed by atoms with E-state index in [4.69, 9.17) is 10.2 Å². The molecular formula is C11H12O5. The van der Waals surface area contributed by atoms with E-state index in [-0.39, 0.29) is 42.1 Å². The van der Waals surface area contributed by atoms with Gasteiger partial charge in [-0.2, -0.15) is 0 Å². The van der Waals surface area contributed by atoms with Crippen LogP contribution in [0.15, 0.2) is 18.2 Å². The lowest BCUT2D eigenvalue weighted by Crippen LogP contribution is -2.02. The molecular weight excluding hydrogens is 212 g/mol. The van der Waals surface area contributed by atoms with Crippen LogP contribution in [0.5, 0.6) is 11.5 Å². The number of ketones is 1. The summed E-state index contributed by atoms with van der Waals surface area (Å²) in [6, 6.07) is 3.65. The lowest BCUT2D eigenvalue weighted by molar-refractivity contribution is -0.137. The fraction of sp³-hybridized carbons (Fsp3) is 0.273. The van der Waals surface area contributed by atoms with Gasteiger partial charge in [0.05, 0.1) is 5.56 Å². The Hall–Kier alpha value is -2.04. The number of hydrogen-bond acceptors (Lipinski definition) is 4. The average molecular weight is 224 g/mol. The van der Waals surface area contributed by atoms with E-state index < -0.39 is 5.97 Å². The van der Waals surface area contributed by atoms with Crippen LogP contribution >= 0.6 is 0 Å². The van der Waals surface area contributed by atoms with E-state index in [9.17, 15) is 14.7 Å². The molecule has 16 heavy (non-hydrogen) atoms. The molecule has 0 amide bonds. The second-order valence-electron chi connectivity index (χ2n) is 3.37. The number of aromatic hydroxyl groups is 2. The number of Topliss-reactive ketones (excluding diaryl/α,β-unsaturated/α-hetero) is 1. The summed E-state index contributed by atoms with van der Waals surface area (Å²) >= 11 is 0. The second kappa shape index (κ2) is 5.16. The zero-order chi connectivity index (χ0) is 12.1. The van der Waals surface area contributed by atoms with Crippen LogP contribution in [0.25, 0.3) is 0 Å². The average Bonchev–Trinajstić information content (AvgIpc) is 2.21. The molecule has 0 fully saturated rings. The van der Waals surface area contributed by atoms with Crippen LogP contribution in [0, 0.1) is 0 Å². The SMILES string of the molecule is O=C(O)CCCC(=O)c1cc(O)ccc1O. The summed E-state index contributed by atoms with van der Waals surface area (Å²) in [6.45, 7) is 0. The predicted molar refractivity (Wildman–Crippen MR) is 55.6 cm³/mol. The fourth-order valence-electron chi connectivity index (χ4n) is 1.28. The third-order valence-electron chi connectivity index (χ3n) is 2.08. The van der Waals surface area contributed by atoms with Crippen molar-refractivity contribution >= 4 is 11.8 Å². The quantitative estimate of drug-likeness (QED) is 0.520. The number of carboxylic acids is 1. The molecule has 0 unspecified atom stereocenters. The van der Waals surface area contributed by atoms with E-state index in [0.717, 1.165) is 0 Å². The van der Waals surface area contributed by atoms with Gasteiger partial charge < -0.3 is 15.3 Å². The summed E-state index contributed by atoms with van der Waals surface area (Å²) in [4.78, 5) is 21.8. The highest BCUT2D eigenvalue weighted by molar-refractivity contribution is 5.99. The molecule has 0 bridgehead atoms. The van der Waals surface area contributed by atoms with Gasteiger partial charge in [0.1, 0.15) is 11.5 Å². The number of hydrogen-bond donors (Lipinski definition) is 3. The van der Waals surface area contributed by atoms with E-state index in [1.165, 1.54) is 18.2 Å². The Morgan fingerprint density at radius 3 is 2.44 bits per heavy atom. The van der Waals surface area contributed by atoms with Crippen molar-refractivity contribution in [3.8, 4) is 11.5 Å². The fourth-order valence-corrected chi connectivity index (χ4v) is 1.28. The lowest BCUT2D eigenvalue weighted by atomic mass is 10.0. The minimum Gasteiger partial charge on any atom is -0.508 e. The van der Waals surface area contributed by atoms with Gasteiger partial charge in [0.15, 0.2) is 5.78 Å². The van der Waals surface area contributed by atoms with Gasteiger partial charge in [-0.3, -0.25) is 9.59 Å². The molecule has 0 saturated carbocycles. The standard InChI is InChI=1S/C11H12O5/c12-7-4-5-10(14)8(6-7)9(13)2-1-3-11(15)16/h4-6,12,14H,1-3H2,(H,15,16). The van der Waals surface area contributed by atoms with Gasteiger partial charge in [-0.1, -0.05) is 0 Å². The molecule has 5 heteroatoms. The molecule has 5 nitrogen and oxygen atoms in total. The normalized spacial score (nSPS) is 10.0. The first-order valence-corrected chi connectivity index (χ1v) is 4.77. The molecule has 1 rings (SSSR count). The van der Waals surface area contributed by atoms with Crippen molar-refractivity contribution in [2.45, 2.75) is 19.3 Å². The topological polar surface area (TPSA) is 94.8 Å². The smallest absolute Gasteiger partial charge is 0.303 e. The van der Waals surface area contributed by atoms with Gasteiger partial charge in [0.25, 0.3) is 0 Å². The van der Waals surface area contributed by atoms with Crippen molar-refractivity contribution in [2.75, 3.05) is 0 Å². The highest BCUT2D eigenvalue weighted by Crippen LogP contribution is 2.23. The third-order valence-corrected chi connectivity index (χ3v) is 2.08. The first kappa shape index (κ1) is 12.0. The lowest BCUT2D eigenvalue weighted by Gasteiger charge is -2.03. The first-order valence-electron chi connectivity index (χ1n) is 4.77. The van der Waals surface area contributed by atoms with Gasteiger partial charge >= 0.3 is 5.97 Å². The van der Waals surface area contributed by atoms with Crippen LogP contribution in [0.4, 0.5) is 0 Å². The molecule has 0 aliphatic rings. The van der Waals surface area contributed by atoms with Crippen LogP contribution in [0.2, 0.25) is 0 Å². The maximum absolute atomic E-state index is 11.5. The summed E-state index contributed by atoms with van der Waals surface area (Å²) in [5.41, 5.74) is 0.0189. The highest BCUT2D eigenvalue weighted by atomic mass is 16.4. The van der Waals surface area contributed by atoms with Crippen molar-refractivity contribution in [3.05, 3.63) is 23.8 Å². The molecule has 86 valence electrons. The molecule has 0 saturated heterocycles. The number of benzene rings is 1. The number of carbonyl (C=O) groups excluding carboxylic acids is 1. The van der Waals surface area contributed by atoms with E-state index in [1.54, 1.807) is 0 Å². The van der Waals surface area contributed by atoms with Crippen molar-refractivity contribution in [3.63, 3.8) is 0 Å². The van der Waals surface area contributed by atoms with Crippen LogP contribution in [0.1, 0.15) is 29.6 Å². The van der Waals surface area contributed by atoms with Crippen LogP contribution in [0.3, 0.4) is 0 Å². The minimum absolute atomic E-state index is 0.0189. The van der Waals surface area contributed by atoms with E-state index in [1.807, 2.05) is 0 Å². The monoisotopic (exact) mass is 224 g/mol. The van der Waals surface area contributed by atoms with Crippen LogP contribution < -0.4 is 0 Å². The van der Waals surface area contributed by atoms with Crippen molar-refractivity contribution in [2.24, 2.45) is 0 Å². The second-order valence-corrected chi connectivity index (χ2v) is 3.37. The summed E-state index contributed by atoms with van der Waals surface area (Å²) in [5, 5.41) is 26.9. The molecule has 0 heterocycles.